The van der Waals surface area contributed by atoms with Gasteiger partial charge in [-0.15, -0.1) is 5.10 Å². The van der Waals surface area contributed by atoms with E-state index in [0.717, 1.165) is 4.68 Å². The topological polar surface area (TPSA) is 96.0 Å². The Labute approximate surface area is 168 Å². The van der Waals surface area contributed by atoms with Crippen LogP contribution in [0.4, 0.5) is 19.1 Å². The minimum Gasteiger partial charge on any atom is -0.508 e. The first-order valence-corrected chi connectivity index (χ1v) is 8.70. The molecule has 0 saturated carbocycles. The fraction of sp³-hybridized carbons (Fsp3) is 0.150. The van der Waals surface area contributed by atoms with E-state index >= 15 is 0 Å². The lowest BCUT2D eigenvalue weighted by Gasteiger charge is -2.27. The predicted octanol–water partition coefficient (Wildman–Crippen LogP) is 3.96. The lowest BCUT2D eigenvalue weighted by atomic mass is 9.94. The zero-order valence-corrected chi connectivity index (χ0v) is 15.5. The Morgan fingerprint density at radius 3 is 2.57 bits per heavy atom. The molecule has 0 amide bonds. The van der Waals surface area contributed by atoms with Crippen LogP contribution >= 0.6 is 0 Å². The first-order valence-electron chi connectivity index (χ1n) is 8.70. The number of nitrogens with zero attached hydrogens (tertiary/aromatic N) is 4. The molecule has 1 atom stereocenters. The largest absolute Gasteiger partial charge is 0.508 e. The van der Waals surface area contributed by atoms with E-state index in [1.54, 1.807) is 24.3 Å². The number of hydrogen-bond acceptors (Lipinski definition) is 6. The van der Waals surface area contributed by atoms with Crippen molar-refractivity contribution >= 4 is 11.6 Å². The zero-order chi connectivity index (χ0) is 21.5. The van der Waals surface area contributed by atoms with E-state index in [1.165, 1.54) is 31.4 Å². The fourth-order valence-electron chi connectivity index (χ4n) is 3.23. The number of allylic oxidation sites excluding steroid dienone is 1. The van der Waals surface area contributed by atoms with Crippen molar-refractivity contribution in [3.05, 3.63) is 71.1 Å². The second-order valence-corrected chi connectivity index (χ2v) is 6.45. The van der Waals surface area contributed by atoms with Crippen LogP contribution in [-0.2, 0) is 6.18 Å². The van der Waals surface area contributed by atoms with Crippen molar-refractivity contribution in [3.63, 3.8) is 0 Å². The number of ether oxygens (including phenoxy) is 1. The molecule has 0 spiro atoms. The third-order valence-electron chi connectivity index (χ3n) is 4.60. The minimum absolute atomic E-state index is 0.0158. The van der Waals surface area contributed by atoms with E-state index in [0.29, 0.717) is 22.6 Å². The number of phenolic OH excluding ortho intramolecular Hbond substituents is 1. The number of benzene rings is 2. The maximum atomic E-state index is 13.3. The lowest BCUT2D eigenvalue weighted by molar-refractivity contribution is -0.145. The molecule has 152 valence electrons. The summed E-state index contributed by atoms with van der Waals surface area (Å²) in [6.45, 7) is 0. The third-order valence-corrected chi connectivity index (χ3v) is 4.60. The number of phenols is 1. The first-order chi connectivity index (χ1) is 14.3. The summed E-state index contributed by atoms with van der Waals surface area (Å²) in [5.74, 6) is -0.976. The second kappa shape index (κ2) is 7.11. The van der Waals surface area contributed by atoms with E-state index in [2.05, 4.69) is 21.5 Å². The quantitative estimate of drug-likeness (QED) is 0.675. The van der Waals surface area contributed by atoms with Crippen LogP contribution in [0.15, 0.2) is 54.1 Å². The van der Waals surface area contributed by atoms with Gasteiger partial charge in [-0.25, -0.2) is 4.68 Å². The highest BCUT2D eigenvalue weighted by atomic mass is 19.4. The standard InChI is InChI=1S/C20H14F3N5O2/c1-30-14-4-2-3-12(9-14)16-15(10-24)17(11-5-7-13(29)8-6-11)28-19(25-16)26-18(27-28)20(21,22)23/h2-9,17,29H,1H3,(H,25,26,27)/t17-/m0/s1. The summed E-state index contributed by atoms with van der Waals surface area (Å²) in [5.41, 5.74) is 1.44. The normalized spacial score (nSPS) is 15.9. The van der Waals surface area contributed by atoms with Gasteiger partial charge in [-0.2, -0.15) is 23.4 Å². The third kappa shape index (κ3) is 3.30. The Bertz CT molecular complexity index is 1180. The monoisotopic (exact) mass is 413 g/mol. The summed E-state index contributed by atoms with van der Waals surface area (Å²) < 4.78 is 46.0. The van der Waals surface area contributed by atoms with Crippen LogP contribution < -0.4 is 10.1 Å². The van der Waals surface area contributed by atoms with Crippen molar-refractivity contribution in [2.75, 3.05) is 12.4 Å². The average Bonchev–Trinajstić information content (AvgIpc) is 3.17. The van der Waals surface area contributed by atoms with Gasteiger partial charge in [-0.05, 0) is 29.8 Å². The highest BCUT2D eigenvalue weighted by Gasteiger charge is 2.40. The molecule has 2 aromatic carbocycles. The Morgan fingerprint density at radius 2 is 1.93 bits per heavy atom. The van der Waals surface area contributed by atoms with Gasteiger partial charge in [0.05, 0.1) is 24.4 Å². The van der Waals surface area contributed by atoms with Crippen LogP contribution in [0, 0.1) is 11.3 Å². The molecular weight excluding hydrogens is 399 g/mol. The zero-order valence-electron chi connectivity index (χ0n) is 15.5. The van der Waals surface area contributed by atoms with E-state index in [-0.39, 0.29) is 17.3 Å². The summed E-state index contributed by atoms with van der Waals surface area (Å²) in [6.07, 6.45) is -4.76. The molecule has 1 aromatic heterocycles. The molecule has 0 bridgehead atoms. The van der Waals surface area contributed by atoms with Crippen molar-refractivity contribution in [1.82, 2.24) is 14.8 Å². The van der Waals surface area contributed by atoms with Crippen LogP contribution in [0.5, 0.6) is 11.5 Å². The maximum Gasteiger partial charge on any atom is 0.453 e. The number of anilines is 1. The minimum atomic E-state index is -4.76. The summed E-state index contributed by atoms with van der Waals surface area (Å²) in [7, 11) is 1.48. The van der Waals surface area contributed by atoms with Crippen LogP contribution in [0.1, 0.15) is 23.0 Å². The average molecular weight is 413 g/mol. The molecule has 10 heteroatoms. The van der Waals surface area contributed by atoms with Crippen molar-refractivity contribution in [2.24, 2.45) is 0 Å². The van der Waals surface area contributed by atoms with E-state index in [4.69, 9.17) is 4.74 Å². The number of aromatic nitrogens is 3. The summed E-state index contributed by atoms with van der Waals surface area (Å²) in [5, 5.41) is 25.9. The second-order valence-electron chi connectivity index (χ2n) is 6.45. The molecular formula is C20H14F3N5O2. The van der Waals surface area contributed by atoms with Gasteiger partial charge < -0.3 is 15.2 Å². The van der Waals surface area contributed by atoms with Gasteiger partial charge in [-0.3, -0.25) is 0 Å². The molecule has 2 N–H and O–H groups in total. The van der Waals surface area contributed by atoms with Crippen LogP contribution in [0.25, 0.3) is 5.70 Å². The molecule has 0 unspecified atom stereocenters. The van der Waals surface area contributed by atoms with E-state index in [9.17, 15) is 23.5 Å². The van der Waals surface area contributed by atoms with E-state index in [1.807, 2.05) is 0 Å². The highest BCUT2D eigenvalue weighted by Crippen LogP contribution is 2.40. The van der Waals surface area contributed by atoms with Crippen molar-refractivity contribution < 1.29 is 23.0 Å². The number of nitrogens with one attached hydrogen (secondary N) is 1. The number of halogens is 3. The predicted molar refractivity (Wildman–Crippen MR) is 100 cm³/mol. The lowest BCUT2D eigenvalue weighted by Crippen LogP contribution is -2.24. The SMILES string of the molecule is COc1cccc(C2=C(C#N)[C@H](c3ccc(O)cc3)n3nc(C(F)(F)F)nc3N2)c1. The van der Waals surface area contributed by atoms with Gasteiger partial charge in [-0.1, -0.05) is 24.3 Å². The first kappa shape index (κ1) is 19.3. The number of nitriles is 1. The fourth-order valence-corrected chi connectivity index (χ4v) is 3.23. The maximum absolute atomic E-state index is 13.3. The van der Waals surface area contributed by atoms with Crippen molar-refractivity contribution in [2.45, 2.75) is 12.2 Å². The number of methoxy groups -OCH3 is 1. The molecule has 0 saturated heterocycles. The molecule has 2 heterocycles. The molecule has 0 aliphatic carbocycles. The smallest absolute Gasteiger partial charge is 0.453 e. The van der Waals surface area contributed by atoms with Gasteiger partial charge in [0.25, 0.3) is 5.82 Å². The Morgan fingerprint density at radius 1 is 1.20 bits per heavy atom. The Balaban J connectivity index is 1.95. The number of aromatic hydroxyl groups is 1. The number of rotatable bonds is 3. The number of alkyl halides is 3. The molecule has 1 aliphatic rings. The summed E-state index contributed by atoms with van der Waals surface area (Å²) in [6, 6.07) is 13.7. The van der Waals surface area contributed by atoms with Crippen molar-refractivity contribution in [1.29, 1.82) is 5.26 Å². The van der Waals surface area contributed by atoms with Gasteiger partial charge >= 0.3 is 6.18 Å². The van der Waals surface area contributed by atoms with Crippen molar-refractivity contribution in [3.8, 4) is 17.6 Å². The Hall–Kier alpha value is -4.00. The highest BCUT2D eigenvalue weighted by molar-refractivity contribution is 5.83. The molecule has 4 rings (SSSR count). The summed E-state index contributed by atoms with van der Waals surface area (Å²) >= 11 is 0. The molecule has 0 radical (unpaired) electrons. The van der Waals surface area contributed by atoms with Crippen LogP contribution in [-0.4, -0.2) is 27.0 Å². The molecule has 7 nitrogen and oxygen atoms in total. The number of fused-ring (bicyclic) bond motifs is 1. The molecule has 0 fully saturated rings. The summed E-state index contributed by atoms with van der Waals surface area (Å²) in [4.78, 5) is 3.59. The van der Waals surface area contributed by atoms with E-state index < -0.39 is 18.0 Å². The van der Waals surface area contributed by atoms with Crippen LogP contribution in [0.3, 0.4) is 0 Å². The molecule has 30 heavy (non-hydrogen) atoms. The van der Waals surface area contributed by atoms with Gasteiger partial charge in [0, 0.05) is 5.56 Å². The van der Waals surface area contributed by atoms with Gasteiger partial charge in [0.15, 0.2) is 0 Å². The molecule has 1 aliphatic heterocycles. The van der Waals surface area contributed by atoms with Gasteiger partial charge in [0.2, 0.25) is 5.95 Å². The van der Waals surface area contributed by atoms with Crippen LogP contribution in [0.2, 0.25) is 0 Å². The number of hydrogen-bond donors (Lipinski definition) is 2. The van der Waals surface area contributed by atoms with Gasteiger partial charge in [0.1, 0.15) is 17.5 Å². The Kier molecular flexibility index (Phi) is 4.58. The molecule has 3 aromatic rings.